The lowest BCUT2D eigenvalue weighted by Gasteiger charge is -2.46. The summed E-state index contributed by atoms with van der Waals surface area (Å²) in [5, 5.41) is 3.41. The fraction of sp³-hybridized carbons (Fsp3) is 0.538. The quantitative estimate of drug-likeness (QED) is 0.655. The molecule has 0 amide bonds. The summed E-state index contributed by atoms with van der Waals surface area (Å²) in [6.45, 7) is 4.66. The zero-order valence-electron chi connectivity index (χ0n) is 8.77. The van der Waals surface area contributed by atoms with Crippen LogP contribution in [0.5, 0.6) is 0 Å². The summed E-state index contributed by atoms with van der Waals surface area (Å²) in [5.41, 5.74) is 5.24. The minimum Gasteiger partial charge on any atom is -0.316 e. The van der Waals surface area contributed by atoms with Crippen molar-refractivity contribution in [2.75, 3.05) is 13.1 Å². The Labute approximate surface area is 85.5 Å². The highest BCUT2D eigenvalue weighted by atomic mass is 15.0. The van der Waals surface area contributed by atoms with Crippen molar-refractivity contribution in [1.29, 1.82) is 0 Å². The Balaban J connectivity index is 1.94. The first kappa shape index (κ1) is 8.49. The molecule has 1 heteroatoms. The van der Waals surface area contributed by atoms with Crippen LogP contribution in [-0.2, 0) is 12.8 Å². The number of benzene rings is 1. The van der Waals surface area contributed by atoms with E-state index in [4.69, 9.17) is 0 Å². The Hall–Kier alpha value is -0.820. The van der Waals surface area contributed by atoms with Gasteiger partial charge in [0, 0.05) is 13.1 Å². The first-order chi connectivity index (χ1) is 6.77. The third-order valence-corrected chi connectivity index (χ3v) is 3.85. The fourth-order valence-corrected chi connectivity index (χ4v) is 2.83. The third kappa shape index (κ3) is 1.19. The van der Waals surface area contributed by atoms with Gasteiger partial charge in [-0.3, -0.25) is 0 Å². The van der Waals surface area contributed by atoms with E-state index >= 15 is 0 Å². The molecule has 1 aliphatic carbocycles. The summed E-state index contributed by atoms with van der Waals surface area (Å²) in [7, 11) is 0. The van der Waals surface area contributed by atoms with Crippen LogP contribution < -0.4 is 5.32 Å². The van der Waals surface area contributed by atoms with Crippen LogP contribution in [0.2, 0.25) is 0 Å². The van der Waals surface area contributed by atoms with Gasteiger partial charge in [-0.2, -0.15) is 0 Å². The molecule has 1 heterocycles. The fourth-order valence-electron chi connectivity index (χ4n) is 2.83. The number of fused-ring (bicyclic) bond motifs is 1. The number of hydrogen-bond acceptors (Lipinski definition) is 1. The largest absolute Gasteiger partial charge is 0.316 e. The van der Waals surface area contributed by atoms with Crippen molar-refractivity contribution in [3.63, 3.8) is 0 Å². The lowest BCUT2D eigenvalue weighted by Crippen LogP contribution is -2.56. The Bertz CT molecular complexity index is 363. The maximum absolute atomic E-state index is 3.41. The predicted octanol–water partition coefficient (Wildman–Crippen LogP) is 2.07. The highest BCUT2D eigenvalue weighted by molar-refractivity contribution is 5.35. The van der Waals surface area contributed by atoms with Gasteiger partial charge in [0.2, 0.25) is 0 Å². The van der Waals surface area contributed by atoms with E-state index in [1.54, 1.807) is 11.1 Å². The Morgan fingerprint density at radius 3 is 2.79 bits per heavy atom. The molecular weight excluding hydrogens is 170 g/mol. The van der Waals surface area contributed by atoms with Gasteiger partial charge in [0.1, 0.15) is 0 Å². The van der Waals surface area contributed by atoms with E-state index < -0.39 is 0 Å². The van der Waals surface area contributed by atoms with Crippen LogP contribution in [0, 0.1) is 12.3 Å². The Kier molecular flexibility index (Phi) is 1.72. The molecule has 14 heavy (non-hydrogen) atoms. The van der Waals surface area contributed by atoms with Gasteiger partial charge in [-0.05, 0) is 42.7 Å². The second-order valence-electron chi connectivity index (χ2n) is 5.05. The number of rotatable bonds is 0. The number of aryl methyl sites for hydroxylation is 2. The van der Waals surface area contributed by atoms with E-state index in [-0.39, 0.29) is 0 Å². The molecule has 0 unspecified atom stereocenters. The SMILES string of the molecule is Cc1ccc2c(c1)CCC1(CNC1)C2. The molecule has 1 aromatic rings. The molecule has 0 saturated carbocycles. The molecule has 2 aliphatic rings. The highest BCUT2D eigenvalue weighted by Gasteiger charge is 2.39. The molecule has 1 N–H and O–H groups in total. The van der Waals surface area contributed by atoms with Crippen molar-refractivity contribution in [2.45, 2.75) is 26.2 Å². The molecule has 74 valence electrons. The standard InChI is InChI=1S/C13H17N/c1-10-2-3-12-7-13(8-14-9-13)5-4-11(12)6-10/h2-3,6,14H,4-5,7-9H2,1H3. The summed E-state index contributed by atoms with van der Waals surface area (Å²) in [6, 6.07) is 6.96. The molecule has 1 fully saturated rings. The van der Waals surface area contributed by atoms with Crippen molar-refractivity contribution < 1.29 is 0 Å². The van der Waals surface area contributed by atoms with Gasteiger partial charge in [-0.25, -0.2) is 0 Å². The lowest BCUT2D eigenvalue weighted by atomic mass is 9.68. The molecule has 3 rings (SSSR count). The summed E-state index contributed by atoms with van der Waals surface area (Å²) in [5.74, 6) is 0. The van der Waals surface area contributed by atoms with Crippen molar-refractivity contribution in [3.8, 4) is 0 Å². The van der Waals surface area contributed by atoms with Crippen LogP contribution in [0.25, 0.3) is 0 Å². The average molecular weight is 187 g/mol. The lowest BCUT2D eigenvalue weighted by molar-refractivity contribution is 0.143. The number of nitrogens with one attached hydrogen (secondary N) is 1. The van der Waals surface area contributed by atoms with E-state index in [1.807, 2.05) is 0 Å². The smallest absolute Gasteiger partial charge is 0.00235 e. The summed E-state index contributed by atoms with van der Waals surface area (Å²) in [6.07, 6.45) is 3.98. The predicted molar refractivity (Wildman–Crippen MR) is 58.5 cm³/mol. The number of hydrogen-bond donors (Lipinski definition) is 1. The van der Waals surface area contributed by atoms with Crippen molar-refractivity contribution in [3.05, 3.63) is 34.9 Å². The van der Waals surface area contributed by atoms with Crippen molar-refractivity contribution in [2.24, 2.45) is 5.41 Å². The van der Waals surface area contributed by atoms with E-state index in [1.165, 1.54) is 37.9 Å². The molecular formula is C13H17N. The van der Waals surface area contributed by atoms with Crippen LogP contribution in [-0.4, -0.2) is 13.1 Å². The van der Waals surface area contributed by atoms with Crippen LogP contribution in [0.4, 0.5) is 0 Å². The Morgan fingerprint density at radius 2 is 2.07 bits per heavy atom. The third-order valence-electron chi connectivity index (χ3n) is 3.85. The van der Waals surface area contributed by atoms with Gasteiger partial charge in [-0.1, -0.05) is 23.8 Å². The normalized spacial score (nSPS) is 22.9. The minimum atomic E-state index is 0.627. The summed E-state index contributed by atoms with van der Waals surface area (Å²) < 4.78 is 0. The minimum absolute atomic E-state index is 0.627. The molecule has 1 saturated heterocycles. The first-order valence-corrected chi connectivity index (χ1v) is 5.57. The summed E-state index contributed by atoms with van der Waals surface area (Å²) >= 11 is 0. The van der Waals surface area contributed by atoms with E-state index in [0.29, 0.717) is 5.41 Å². The first-order valence-electron chi connectivity index (χ1n) is 5.57. The van der Waals surface area contributed by atoms with Crippen LogP contribution in [0.15, 0.2) is 18.2 Å². The van der Waals surface area contributed by atoms with Crippen molar-refractivity contribution in [1.82, 2.24) is 5.32 Å². The molecule has 1 aliphatic heterocycles. The average Bonchev–Trinajstić information content (AvgIpc) is 2.15. The van der Waals surface area contributed by atoms with Gasteiger partial charge in [0.05, 0.1) is 0 Å². The molecule has 1 aromatic carbocycles. The van der Waals surface area contributed by atoms with Gasteiger partial charge in [-0.15, -0.1) is 0 Å². The molecule has 1 spiro atoms. The molecule has 0 atom stereocenters. The Morgan fingerprint density at radius 1 is 1.21 bits per heavy atom. The topological polar surface area (TPSA) is 12.0 Å². The van der Waals surface area contributed by atoms with E-state index in [2.05, 4.69) is 30.4 Å². The van der Waals surface area contributed by atoms with Crippen LogP contribution in [0.1, 0.15) is 23.1 Å². The maximum atomic E-state index is 3.41. The van der Waals surface area contributed by atoms with Gasteiger partial charge in [0.25, 0.3) is 0 Å². The molecule has 1 nitrogen and oxygen atoms in total. The van der Waals surface area contributed by atoms with Crippen molar-refractivity contribution >= 4 is 0 Å². The zero-order valence-corrected chi connectivity index (χ0v) is 8.77. The molecule has 0 radical (unpaired) electrons. The second kappa shape index (κ2) is 2.83. The van der Waals surface area contributed by atoms with Crippen LogP contribution >= 0.6 is 0 Å². The molecule has 0 aromatic heterocycles. The molecule has 0 bridgehead atoms. The monoisotopic (exact) mass is 187 g/mol. The van der Waals surface area contributed by atoms with E-state index in [9.17, 15) is 0 Å². The highest BCUT2D eigenvalue weighted by Crippen LogP contribution is 2.38. The van der Waals surface area contributed by atoms with Crippen LogP contribution in [0.3, 0.4) is 0 Å². The van der Waals surface area contributed by atoms with E-state index in [0.717, 1.165) is 0 Å². The van der Waals surface area contributed by atoms with Gasteiger partial charge >= 0.3 is 0 Å². The maximum Gasteiger partial charge on any atom is 0.00235 e. The summed E-state index contributed by atoms with van der Waals surface area (Å²) in [4.78, 5) is 0. The second-order valence-corrected chi connectivity index (χ2v) is 5.05. The zero-order chi connectivity index (χ0) is 9.60. The van der Waals surface area contributed by atoms with Gasteiger partial charge in [0.15, 0.2) is 0 Å². The van der Waals surface area contributed by atoms with Gasteiger partial charge < -0.3 is 5.32 Å².